The number of ketones is 1. The molecule has 1 aromatic heterocycles. The number of likely N-dealkylation sites (tertiary alicyclic amines) is 1. The minimum Gasteiger partial charge on any atom is -0.323 e. The first-order valence-electron chi connectivity index (χ1n) is 9.86. The van der Waals surface area contributed by atoms with Crippen molar-refractivity contribution in [2.45, 2.75) is 39.3 Å². The van der Waals surface area contributed by atoms with E-state index in [1.807, 2.05) is 29.4 Å². The SMILES string of the molecule is CCN(Cc1ccncc1)[C@H]1CCCN(C(=O)Nc2ccc(C(C)=O)cc2)C1. The molecule has 2 amide bonds. The molecule has 0 bridgehead atoms. The first-order chi connectivity index (χ1) is 13.6. The third-order valence-corrected chi connectivity index (χ3v) is 5.28. The fourth-order valence-corrected chi connectivity index (χ4v) is 3.65. The number of nitrogens with zero attached hydrogens (tertiary/aromatic N) is 3. The standard InChI is InChI=1S/C22H28N4O2/c1-3-25(15-18-10-12-23-13-11-18)21-5-4-14-26(16-21)22(28)24-20-8-6-19(7-9-20)17(2)27/h6-13,21H,3-5,14-16H2,1-2H3,(H,24,28)/t21-/m0/s1. The zero-order valence-corrected chi connectivity index (χ0v) is 16.6. The lowest BCUT2D eigenvalue weighted by Gasteiger charge is -2.39. The molecule has 1 aromatic carbocycles. The molecular weight excluding hydrogens is 352 g/mol. The van der Waals surface area contributed by atoms with E-state index in [0.717, 1.165) is 39.0 Å². The van der Waals surface area contributed by atoms with E-state index >= 15 is 0 Å². The number of piperidine rings is 1. The summed E-state index contributed by atoms with van der Waals surface area (Å²) >= 11 is 0. The number of aromatic nitrogens is 1. The van der Waals surface area contributed by atoms with E-state index in [1.54, 1.807) is 24.3 Å². The van der Waals surface area contributed by atoms with E-state index in [-0.39, 0.29) is 11.8 Å². The van der Waals surface area contributed by atoms with Gasteiger partial charge in [-0.05, 0) is 68.3 Å². The molecule has 1 fully saturated rings. The monoisotopic (exact) mass is 380 g/mol. The Bertz CT molecular complexity index is 792. The quantitative estimate of drug-likeness (QED) is 0.774. The molecule has 2 heterocycles. The van der Waals surface area contributed by atoms with Gasteiger partial charge in [0, 0.05) is 49.3 Å². The molecule has 1 aliphatic rings. The third-order valence-electron chi connectivity index (χ3n) is 5.28. The van der Waals surface area contributed by atoms with Crippen molar-refractivity contribution in [1.29, 1.82) is 0 Å². The van der Waals surface area contributed by atoms with Gasteiger partial charge in [0.2, 0.25) is 0 Å². The van der Waals surface area contributed by atoms with Crippen LogP contribution in [-0.2, 0) is 6.54 Å². The van der Waals surface area contributed by atoms with Gasteiger partial charge in [0.05, 0.1) is 0 Å². The van der Waals surface area contributed by atoms with Crippen molar-refractivity contribution >= 4 is 17.5 Å². The zero-order chi connectivity index (χ0) is 19.9. The van der Waals surface area contributed by atoms with Crippen molar-refractivity contribution in [1.82, 2.24) is 14.8 Å². The van der Waals surface area contributed by atoms with Crippen LogP contribution in [0.1, 0.15) is 42.6 Å². The van der Waals surface area contributed by atoms with Gasteiger partial charge in [0.25, 0.3) is 0 Å². The van der Waals surface area contributed by atoms with E-state index in [0.29, 0.717) is 17.3 Å². The summed E-state index contributed by atoms with van der Waals surface area (Å²) in [5.41, 5.74) is 2.59. The maximum atomic E-state index is 12.7. The van der Waals surface area contributed by atoms with E-state index in [4.69, 9.17) is 0 Å². The summed E-state index contributed by atoms with van der Waals surface area (Å²) < 4.78 is 0. The summed E-state index contributed by atoms with van der Waals surface area (Å²) in [5, 5.41) is 2.95. The van der Waals surface area contributed by atoms with Crippen LogP contribution in [0.2, 0.25) is 0 Å². The second-order valence-electron chi connectivity index (χ2n) is 7.22. The molecule has 1 aliphatic heterocycles. The highest BCUT2D eigenvalue weighted by Gasteiger charge is 2.27. The number of rotatable bonds is 6. The Morgan fingerprint density at radius 3 is 2.54 bits per heavy atom. The molecule has 1 N–H and O–H groups in total. The molecular formula is C22H28N4O2. The Hall–Kier alpha value is -2.73. The third kappa shape index (κ3) is 5.16. The Balaban J connectivity index is 1.59. The van der Waals surface area contributed by atoms with Gasteiger partial charge in [0.15, 0.2) is 5.78 Å². The van der Waals surface area contributed by atoms with E-state index < -0.39 is 0 Å². The van der Waals surface area contributed by atoms with Crippen LogP contribution in [0.15, 0.2) is 48.8 Å². The lowest BCUT2D eigenvalue weighted by atomic mass is 10.0. The molecule has 3 rings (SSSR count). The van der Waals surface area contributed by atoms with Gasteiger partial charge in [-0.3, -0.25) is 14.7 Å². The molecule has 0 unspecified atom stereocenters. The Morgan fingerprint density at radius 1 is 1.18 bits per heavy atom. The number of pyridine rings is 1. The molecule has 6 heteroatoms. The number of urea groups is 1. The van der Waals surface area contributed by atoms with Crippen molar-refractivity contribution in [3.8, 4) is 0 Å². The number of nitrogens with one attached hydrogen (secondary N) is 1. The van der Waals surface area contributed by atoms with Gasteiger partial charge in [0.1, 0.15) is 0 Å². The number of hydrogen-bond donors (Lipinski definition) is 1. The average molecular weight is 380 g/mol. The summed E-state index contributed by atoms with van der Waals surface area (Å²) in [6.07, 6.45) is 5.73. The van der Waals surface area contributed by atoms with Crippen LogP contribution in [0.4, 0.5) is 10.5 Å². The van der Waals surface area contributed by atoms with Crippen LogP contribution in [0.25, 0.3) is 0 Å². The van der Waals surface area contributed by atoms with Crippen LogP contribution in [-0.4, -0.2) is 52.3 Å². The van der Waals surface area contributed by atoms with Gasteiger partial charge in [-0.15, -0.1) is 0 Å². The van der Waals surface area contributed by atoms with Crippen LogP contribution in [0.5, 0.6) is 0 Å². The molecule has 0 spiro atoms. The predicted molar refractivity (Wildman–Crippen MR) is 110 cm³/mol. The summed E-state index contributed by atoms with van der Waals surface area (Å²) in [4.78, 5) is 32.5. The van der Waals surface area contributed by atoms with Crippen LogP contribution < -0.4 is 5.32 Å². The second-order valence-corrected chi connectivity index (χ2v) is 7.22. The fraction of sp³-hybridized carbons (Fsp3) is 0.409. The van der Waals surface area contributed by atoms with Crippen LogP contribution in [0.3, 0.4) is 0 Å². The second kappa shape index (κ2) is 9.46. The predicted octanol–water partition coefficient (Wildman–Crippen LogP) is 3.80. The fourth-order valence-electron chi connectivity index (χ4n) is 3.65. The summed E-state index contributed by atoms with van der Waals surface area (Å²) in [5.74, 6) is 0.0191. The first-order valence-corrected chi connectivity index (χ1v) is 9.86. The van der Waals surface area contributed by atoms with Crippen molar-refractivity contribution in [3.63, 3.8) is 0 Å². The number of carbonyl (C=O) groups is 2. The molecule has 148 valence electrons. The Kier molecular flexibility index (Phi) is 6.76. The molecule has 2 aromatic rings. The minimum atomic E-state index is -0.0831. The summed E-state index contributed by atoms with van der Waals surface area (Å²) in [7, 11) is 0. The molecule has 6 nitrogen and oxygen atoms in total. The lowest BCUT2D eigenvalue weighted by molar-refractivity contribution is 0.101. The van der Waals surface area contributed by atoms with Crippen molar-refractivity contribution in [2.24, 2.45) is 0 Å². The molecule has 28 heavy (non-hydrogen) atoms. The first kappa shape index (κ1) is 20.0. The minimum absolute atomic E-state index is 0.0191. The maximum absolute atomic E-state index is 12.7. The largest absolute Gasteiger partial charge is 0.323 e. The number of Topliss-reactive ketones (excluding diaryl/α,β-unsaturated/α-hetero) is 1. The Morgan fingerprint density at radius 2 is 1.89 bits per heavy atom. The van der Waals surface area contributed by atoms with Crippen LogP contribution >= 0.6 is 0 Å². The van der Waals surface area contributed by atoms with E-state index in [2.05, 4.69) is 22.1 Å². The lowest BCUT2D eigenvalue weighted by Crippen LogP contribution is -2.50. The maximum Gasteiger partial charge on any atom is 0.321 e. The van der Waals surface area contributed by atoms with E-state index in [1.165, 1.54) is 12.5 Å². The number of hydrogen-bond acceptors (Lipinski definition) is 4. The van der Waals surface area contributed by atoms with Crippen LogP contribution in [0, 0.1) is 0 Å². The topological polar surface area (TPSA) is 65.5 Å². The average Bonchev–Trinajstić information content (AvgIpc) is 2.73. The van der Waals surface area contributed by atoms with Crippen molar-refractivity contribution in [3.05, 3.63) is 59.9 Å². The normalized spacial score (nSPS) is 16.8. The molecule has 0 aliphatic carbocycles. The highest BCUT2D eigenvalue weighted by molar-refractivity contribution is 5.95. The highest BCUT2D eigenvalue weighted by atomic mass is 16.2. The van der Waals surface area contributed by atoms with E-state index in [9.17, 15) is 9.59 Å². The molecule has 0 saturated carbocycles. The molecule has 0 radical (unpaired) electrons. The summed E-state index contributed by atoms with van der Waals surface area (Å²) in [6.45, 7) is 6.99. The molecule has 1 saturated heterocycles. The van der Waals surface area contributed by atoms with Crippen molar-refractivity contribution in [2.75, 3.05) is 25.0 Å². The van der Waals surface area contributed by atoms with Gasteiger partial charge in [-0.2, -0.15) is 0 Å². The number of carbonyl (C=O) groups excluding carboxylic acids is 2. The van der Waals surface area contributed by atoms with Gasteiger partial charge < -0.3 is 10.2 Å². The number of benzene rings is 1. The molecule has 1 atom stereocenters. The number of likely N-dealkylation sites (N-methyl/N-ethyl adjacent to an activating group) is 1. The van der Waals surface area contributed by atoms with Crippen molar-refractivity contribution < 1.29 is 9.59 Å². The smallest absolute Gasteiger partial charge is 0.321 e. The van der Waals surface area contributed by atoms with Gasteiger partial charge >= 0.3 is 6.03 Å². The zero-order valence-electron chi connectivity index (χ0n) is 16.6. The number of amides is 2. The summed E-state index contributed by atoms with van der Waals surface area (Å²) in [6, 6.07) is 11.4. The Labute approximate surface area is 166 Å². The van der Waals surface area contributed by atoms with Gasteiger partial charge in [-0.1, -0.05) is 6.92 Å². The highest BCUT2D eigenvalue weighted by Crippen LogP contribution is 2.19. The number of anilines is 1. The van der Waals surface area contributed by atoms with Gasteiger partial charge in [-0.25, -0.2) is 4.79 Å².